The van der Waals surface area contributed by atoms with Crippen LogP contribution in [0.15, 0.2) is 24.3 Å². The Bertz CT molecular complexity index is 988. The van der Waals surface area contributed by atoms with Gasteiger partial charge >= 0.3 is 0 Å². The van der Waals surface area contributed by atoms with Gasteiger partial charge in [0.1, 0.15) is 5.75 Å². The van der Waals surface area contributed by atoms with Crippen LogP contribution < -0.4 is 29.6 Å². The SMILES string of the molecule is CCC(=O)Nc1cc2c(cc1OC)C(c1cc(OC)c3c(c1)OCO3)CC(=O)N2. The third-order valence-electron chi connectivity index (χ3n) is 5.09. The minimum atomic E-state index is -0.230. The molecule has 29 heavy (non-hydrogen) atoms. The highest BCUT2D eigenvalue weighted by molar-refractivity contribution is 5.98. The number of carbonyl (C=O) groups excluding carboxylic acids is 2. The Labute approximate surface area is 168 Å². The van der Waals surface area contributed by atoms with Gasteiger partial charge in [-0.25, -0.2) is 0 Å². The summed E-state index contributed by atoms with van der Waals surface area (Å²) in [6, 6.07) is 7.31. The molecule has 1 unspecified atom stereocenters. The first kappa shape index (κ1) is 18.9. The molecule has 0 saturated heterocycles. The predicted molar refractivity (Wildman–Crippen MR) is 106 cm³/mol. The zero-order chi connectivity index (χ0) is 20.5. The Morgan fingerprint density at radius 1 is 1.17 bits per heavy atom. The first-order valence-corrected chi connectivity index (χ1v) is 9.33. The van der Waals surface area contributed by atoms with Gasteiger partial charge in [-0.2, -0.15) is 0 Å². The molecule has 8 nitrogen and oxygen atoms in total. The van der Waals surface area contributed by atoms with E-state index in [-0.39, 0.29) is 30.9 Å². The van der Waals surface area contributed by atoms with Gasteiger partial charge in [-0.3, -0.25) is 9.59 Å². The van der Waals surface area contributed by atoms with E-state index in [0.29, 0.717) is 40.8 Å². The molecule has 1 atom stereocenters. The summed E-state index contributed by atoms with van der Waals surface area (Å²) in [5, 5.41) is 5.70. The Morgan fingerprint density at radius 2 is 1.97 bits per heavy atom. The molecule has 2 aliphatic heterocycles. The molecule has 2 aromatic rings. The van der Waals surface area contributed by atoms with Crippen LogP contribution in [0.4, 0.5) is 11.4 Å². The second kappa shape index (κ2) is 7.54. The van der Waals surface area contributed by atoms with Gasteiger partial charge in [0.2, 0.25) is 24.4 Å². The molecule has 0 spiro atoms. The fourth-order valence-electron chi connectivity index (χ4n) is 3.64. The number of rotatable bonds is 5. The molecule has 0 bridgehead atoms. The maximum absolute atomic E-state index is 12.4. The molecular weight excluding hydrogens is 376 g/mol. The van der Waals surface area contributed by atoms with Crippen LogP contribution in [0.25, 0.3) is 0 Å². The molecule has 0 radical (unpaired) electrons. The summed E-state index contributed by atoms with van der Waals surface area (Å²) in [5.74, 6) is 1.75. The van der Waals surface area contributed by atoms with Gasteiger partial charge in [0.15, 0.2) is 11.5 Å². The molecule has 0 fully saturated rings. The Kier molecular flexibility index (Phi) is 4.92. The van der Waals surface area contributed by atoms with Crippen LogP contribution in [-0.4, -0.2) is 32.8 Å². The van der Waals surface area contributed by atoms with Gasteiger partial charge in [0, 0.05) is 24.4 Å². The van der Waals surface area contributed by atoms with Crippen molar-refractivity contribution in [2.45, 2.75) is 25.7 Å². The molecule has 152 valence electrons. The van der Waals surface area contributed by atoms with Gasteiger partial charge in [0.25, 0.3) is 0 Å². The van der Waals surface area contributed by atoms with E-state index in [1.165, 1.54) is 0 Å². The lowest BCUT2D eigenvalue weighted by molar-refractivity contribution is -0.117. The van der Waals surface area contributed by atoms with Crippen LogP contribution in [0.1, 0.15) is 36.8 Å². The van der Waals surface area contributed by atoms with Crippen LogP contribution in [0.3, 0.4) is 0 Å². The van der Waals surface area contributed by atoms with Crippen molar-refractivity contribution in [1.82, 2.24) is 0 Å². The second-order valence-corrected chi connectivity index (χ2v) is 6.80. The minimum absolute atomic E-state index is 0.114. The quantitative estimate of drug-likeness (QED) is 0.803. The average molecular weight is 398 g/mol. The lowest BCUT2D eigenvalue weighted by Crippen LogP contribution is -2.24. The van der Waals surface area contributed by atoms with Gasteiger partial charge < -0.3 is 29.6 Å². The summed E-state index contributed by atoms with van der Waals surface area (Å²) in [6.07, 6.45) is 0.603. The first-order valence-electron chi connectivity index (χ1n) is 9.33. The summed E-state index contributed by atoms with van der Waals surface area (Å²) in [4.78, 5) is 24.3. The molecule has 2 amide bonds. The van der Waals surface area contributed by atoms with Crippen molar-refractivity contribution in [2.75, 3.05) is 31.6 Å². The molecule has 8 heteroatoms. The number of hydrogen-bond acceptors (Lipinski definition) is 6. The zero-order valence-electron chi connectivity index (χ0n) is 16.5. The summed E-state index contributed by atoms with van der Waals surface area (Å²) < 4.78 is 21.9. The number of nitrogens with one attached hydrogen (secondary N) is 2. The van der Waals surface area contributed by atoms with Crippen molar-refractivity contribution in [2.24, 2.45) is 0 Å². The number of anilines is 2. The highest BCUT2D eigenvalue weighted by Gasteiger charge is 2.31. The van der Waals surface area contributed by atoms with E-state index < -0.39 is 0 Å². The highest BCUT2D eigenvalue weighted by atomic mass is 16.7. The largest absolute Gasteiger partial charge is 0.495 e. The van der Waals surface area contributed by atoms with E-state index in [2.05, 4.69) is 10.6 Å². The minimum Gasteiger partial charge on any atom is -0.495 e. The number of ether oxygens (including phenoxy) is 4. The molecule has 2 aliphatic rings. The number of carbonyl (C=O) groups is 2. The van der Waals surface area contributed by atoms with Gasteiger partial charge in [-0.15, -0.1) is 0 Å². The van der Waals surface area contributed by atoms with E-state index in [0.717, 1.165) is 11.1 Å². The van der Waals surface area contributed by atoms with Crippen molar-refractivity contribution >= 4 is 23.2 Å². The Morgan fingerprint density at radius 3 is 2.69 bits per heavy atom. The Balaban J connectivity index is 1.80. The molecule has 0 aromatic heterocycles. The molecule has 2 N–H and O–H groups in total. The third kappa shape index (κ3) is 3.41. The second-order valence-electron chi connectivity index (χ2n) is 6.80. The maximum Gasteiger partial charge on any atom is 0.231 e. The fraction of sp³-hybridized carbons (Fsp3) is 0.333. The fourth-order valence-corrected chi connectivity index (χ4v) is 3.64. The maximum atomic E-state index is 12.4. The third-order valence-corrected chi connectivity index (χ3v) is 5.09. The van der Waals surface area contributed by atoms with Crippen molar-refractivity contribution in [3.05, 3.63) is 35.4 Å². The Hall–Kier alpha value is -3.42. The normalized spacial score (nSPS) is 16.7. The van der Waals surface area contributed by atoms with E-state index in [1.807, 2.05) is 18.2 Å². The highest BCUT2D eigenvalue weighted by Crippen LogP contribution is 2.48. The van der Waals surface area contributed by atoms with Crippen molar-refractivity contribution in [3.63, 3.8) is 0 Å². The molecule has 2 heterocycles. The topological polar surface area (TPSA) is 95.1 Å². The summed E-state index contributed by atoms with van der Waals surface area (Å²) in [6.45, 7) is 1.90. The smallest absolute Gasteiger partial charge is 0.231 e. The number of methoxy groups -OCH3 is 2. The lowest BCUT2D eigenvalue weighted by Gasteiger charge is -2.28. The standard InChI is InChI=1S/C21H22N2O6/c1-4-19(24)23-15-9-14-13(7-16(15)26-2)12(8-20(25)22-14)11-5-17(27-3)21-18(6-11)28-10-29-21/h5-7,9,12H,4,8,10H2,1-3H3,(H,22,25)(H,23,24). The van der Waals surface area contributed by atoms with E-state index in [1.54, 1.807) is 27.2 Å². The van der Waals surface area contributed by atoms with Crippen LogP contribution in [-0.2, 0) is 9.59 Å². The number of hydrogen-bond donors (Lipinski definition) is 2. The molecule has 4 rings (SSSR count). The first-order chi connectivity index (χ1) is 14.0. The van der Waals surface area contributed by atoms with Crippen LogP contribution in [0.5, 0.6) is 23.0 Å². The van der Waals surface area contributed by atoms with Gasteiger partial charge in [0.05, 0.1) is 19.9 Å². The molecule has 0 aliphatic carbocycles. The molecular formula is C21H22N2O6. The summed E-state index contributed by atoms with van der Waals surface area (Å²) in [5.41, 5.74) is 2.91. The van der Waals surface area contributed by atoms with Crippen LogP contribution in [0.2, 0.25) is 0 Å². The average Bonchev–Trinajstić information content (AvgIpc) is 3.20. The molecule has 0 saturated carbocycles. The number of amides is 2. The molecule has 2 aromatic carbocycles. The lowest BCUT2D eigenvalue weighted by atomic mass is 9.84. The van der Waals surface area contributed by atoms with E-state index in [4.69, 9.17) is 18.9 Å². The van der Waals surface area contributed by atoms with Crippen molar-refractivity contribution < 1.29 is 28.5 Å². The van der Waals surface area contributed by atoms with Gasteiger partial charge in [-0.05, 0) is 35.4 Å². The number of fused-ring (bicyclic) bond motifs is 2. The summed E-state index contributed by atoms with van der Waals surface area (Å²) >= 11 is 0. The van der Waals surface area contributed by atoms with E-state index in [9.17, 15) is 9.59 Å². The predicted octanol–water partition coefficient (Wildman–Crippen LogP) is 3.26. The van der Waals surface area contributed by atoms with Crippen molar-refractivity contribution in [3.8, 4) is 23.0 Å². The summed E-state index contributed by atoms with van der Waals surface area (Å²) in [7, 11) is 3.11. The van der Waals surface area contributed by atoms with Crippen LogP contribution in [0, 0.1) is 0 Å². The van der Waals surface area contributed by atoms with E-state index >= 15 is 0 Å². The van der Waals surface area contributed by atoms with Gasteiger partial charge in [-0.1, -0.05) is 6.92 Å². The monoisotopic (exact) mass is 398 g/mol. The van der Waals surface area contributed by atoms with Crippen LogP contribution >= 0.6 is 0 Å². The number of benzene rings is 2. The zero-order valence-corrected chi connectivity index (χ0v) is 16.5. The van der Waals surface area contributed by atoms with Crippen molar-refractivity contribution in [1.29, 1.82) is 0 Å².